The molecule has 1 N–H and O–H groups in total. The molecule has 0 radical (unpaired) electrons. The second kappa shape index (κ2) is 7.63. The minimum atomic E-state index is -4.51. The minimum Gasteiger partial charge on any atom is -0.493 e. The van der Waals surface area contributed by atoms with Gasteiger partial charge in [0.15, 0.2) is 23.9 Å². The molecule has 1 heterocycles. The summed E-state index contributed by atoms with van der Waals surface area (Å²) in [6.07, 6.45) is -4.51. The van der Waals surface area contributed by atoms with Crippen LogP contribution in [0.2, 0.25) is 0 Å². The van der Waals surface area contributed by atoms with Crippen LogP contribution >= 0.6 is 0 Å². The first-order valence-corrected chi connectivity index (χ1v) is 7.66. The first-order valence-electron chi connectivity index (χ1n) is 7.66. The number of benzene rings is 1. The third-order valence-electron chi connectivity index (χ3n) is 3.63. The maximum absolute atomic E-state index is 12.4. The lowest BCUT2D eigenvalue weighted by atomic mass is 10.2. The molecule has 0 aliphatic carbocycles. The topological polar surface area (TPSA) is 78.3 Å². The van der Waals surface area contributed by atoms with Crippen molar-refractivity contribution in [1.82, 2.24) is 20.1 Å². The fourth-order valence-electron chi connectivity index (χ4n) is 2.02. The average molecular weight is 372 g/mol. The molecule has 2 rings (SSSR count). The van der Waals surface area contributed by atoms with E-state index in [2.05, 4.69) is 10.1 Å². The van der Waals surface area contributed by atoms with Crippen LogP contribution in [0, 0.1) is 6.92 Å². The third-order valence-corrected chi connectivity index (χ3v) is 3.63. The van der Waals surface area contributed by atoms with Gasteiger partial charge in [-0.05, 0) is 32.0 Å². The Labute approximate surface area is 148 Å². The van der Waals surface area contributed by atoms with Gasteiger partial charge in [-0.2, -0.15) is 18.3 Å². The number of alkyl halides is 3. The number of amides is 1. The molecule has 1 atom stereocenters. The number of aromatic nitrogens is 3. The number of halogens is 3. The molecular weight excluding hydrogens is 353 g/mol. The molecule has 10 heteroatoms. The van der Waals surface area contributed by atoms with Crippen LogP contribution in [-0.2, 0) is 11.8 Å². The minimum absolute atomic E-state index is 0.221. The van der Waals surface area contributed by atoms with Gasteiger partial charge in [-0.25, -0.2) is 4.98 Å². The molecule has 0 aliphatic rings. The first-order chi connectivity index (χ1) is 12.1. The van der Waals surface area contributed by atoms with Gasteiger partial charge in [0.25, 0.3) is 5.91 Å². The van der Waals surface area contributed by atoms with E-state index in [1.165, 1.54) is 7.11 Å². The Morgan fingerprint density at radius 2 is 2.04 bits per heavy atom. The fourth-order valence-corrected chi connectivity index (χ4v) is 2.02. The highest BCUT2D eigenvalue weighted by Gasteiger charge is 2.37. The molecule has 0 fully saturated rings. The standard InChI is InChI=1S/C16H19F3N4O3/c1-9(16(17,18)19)20-14(24)8-26-12-6-5-11(7-13(12)25-4)15-21-10(2)23(3)22-15/h5-7,9H,8H2,1-4H3,(H,20,24). The fraction of sp³-hybridized carbons (Fsp3) is 0.438. The zero-order valence-corrected chi connectivity index (χ0v) is 14.7. The van der Waals surface area contributed by atoms with Crippen molar-refractivity contribution in [1.29, 1.82) is 0 Å². The van der Waals surface area contributed by atoms with Gasteiger partial charge < -0.3 is 14.8 Å². The predicted octanol–water partition coefficient (Wildman–Crippen LogP) is 2.24. The molecule has 0 saturated carbocycles. The van der Waals surface area contributed by atoms with Crippen molar-refractivity contribution in [3.63, 3.8) is 0 Å². The SMILES string of the molecule is COc1cc(-c2nc(C)n(C)n2)ccc1OCC(=O)NC(C)C(F)(F)F. The highest BCUT2D eigenvalue weighted by atomic mass is 19.4. The molecule has 2 aromatic rings. The van der Waals surface area contributed by atoms with E-state index < -0.39 is 24.7 Å². The summed E-state index contributed by atoms with van der Waals surface area (Å²) in [6, 6.07) is 2.88. The van der Waals surface area contributed by atoms with E-state index >= 15 is 0 Å². The van der Waals surface area contributed by atoms with Crippen molar-refractivity contribution in [2.24, 2.45) is 7.05 Å². The zero-order valence-electron chi connectivity index (χ0n) is 14.7. The zero-order chi connectivity index (χ0) is 19.5. The van der Waals surface area contributed by atoms with Crippen molar-refractivity contribution >= 4 is 5.91 Å². The molecule has 142 valence electrons. The number of carbonyl (C=O) groups excluding carboxylic acids is 1. The van der Waals surface area contributed by atoms with Gasteiger partial charge in [0.1, 0.15) is 11.9 Å². The number of rotatable bonds is 6. The van der Waals surface area contributed by atoms with E-state index in [0.29, 0.717) is 17.1 Å². The van der Waals surface area contributed by atoms with Crippen LogP contribution in [0.25, 0.3) is 11.4 Å². The lowest BCUT2D eigenvalue weighted by molar-refractivity contribution is -0.158. The average Bonchev–Trinajstić information content (AvgIpc) is 2.91. The summed E-state index contributed by atoms with van der Waals surface area (Å²) in [6.45, 7) is 2.10. The van der Waals surface area contributed by atoms with Crippen LogP contribution in [0.3, 0.4) is 0 Å². The van der Waals surface area contributed by atoms with Crippen LogP contribution in [0.1, 0.15) is 12.7 Å². The molecule has 1 aromatic heterocycles. The Hall–Kier alpha value is -2.78. The second-order valence-electron chi connectivity index (χ2n) is 5.59. The number of aryl methyl sites for hydroxylation is 2. The number of nitrogens with zero attached hydrogens (tertiary/aromatic N) is 3. The van der Waals surface area contributed by atoms with Crippen LogP contribution in [-0.4, -0.2) is 46.6 Å². The van der Waals surface area contributed by atoms with Gasteiger partial charge in [0.05, 0.1) is 7.11 Å². The van der Waals surface area contributed by atoms with Crippen molar-refractivity contribution in [2.45, 2.75) is 26.1 Å². The van der Waals surface area contributed by atoms with E-state index in [1.807, 2.05) is 12.2 Å². The van der Waals surface area contributed by atoms with E-state index in [4.69, 9.17) is 9.47 Å². The van der Waals surface area contributed by atoms with Crippen molar-refractivity contribution in [3.05, 3.63) is 24.0 Å². The Balaban J connectivity index is 2.07. The predicted molar refractivity (Wildman–Crippen MR) is 86.9 cm³/mol. The Morgan fingerprint density at radius 1 is 1.35 bits per heavy atom. The first kappa shape index (κ1) is 19.5. The molecular formula is C16H19F3N4O3. The summed E-state index contributed by atoms with van der Waals surface area (Å²) >= 11 is 0. The summed E-state index contributed by atoms with van der Waals surface area (Å²) in [5.74, 6) is 0.868. The molecule has 0 bridgehead atoms. The maximum Gasteiger partial charge on any atom is 0.408 e. The Morgan fingerprint density at radius 3 is 2.58 bits per heavy atom. The molecule has 7 nitrogen and oxygen atoms in total. The van der Waals surface area contributed by atoms with Gasteiger partial charge in [-0.15, -0.1) is 0 Å². The number of ether oxygens (including phenoxy) is 2. The van der Waals surface area contributed by atoms with E-state index in [-0.39, 0.29) is 5.75 Å². The number of hydrogen-bond acceptors (Lipinski definition) is 5. The lowest BCUT2D eigenvalue weighted by Crippen LogP contribution is -2.44. The number of hydrogen-bond donors (Lipinski definition) is 1. The van der Waals surface area contributed by atoms with Crippen LogP contribution in [0.15, 0.2) is 18.2 Å². The summed E-state index contributed by atoms with van der Waals surface area (Å²) in [7, 11) is 3.18. The number of methoxy groups -OCH3 is 1. The maximum atomic E-state index is 12.4. The van der Waals surface area contributed by atoms with Crippen molar-refractivity contribution in [3.8, 4) is 22.9 Å². The lowest BCUT2D eigenvalue weighted by Gasteiger charge is -2.17. The summed E-state index contributed by atoms with van der Waals surface area (Å²) < 4.78 is 49.4. The third kappa shape index (κ3) is 4.64. The Bertz CT molecular complexity index is 770. The van der Waals surface area contributed by atoms with Gasteiger partial charge in [0, 0.05) is 12.6 Å². The summed E-state index contributed by atoms with van der Waals surface area (Å²) in [5, 5.41) is 6.08. The van der Waals surface area contributed by atoms with Crippen molar-refractivity contribution < 1.29 is 27.4 Å². The van der Waals surface area contributed by atoms with Crippen LogP contribution < -0.4 is 14.8 Å². The molecule has 0 aliphatic heterocycles. The molecule has 1 unspecified atom stereocenters. The highest BCUT2D eigenvalue weighted by molar-refractivity contribution is 5.78. The molecule has 26 heavy (non-hydrogen) atoms. The normalized spacial score (nSPS) is 12.6. The molecule has 1 amide bonds. The van der Waals surface area contributed by atoms with Gasteiger partial charge >= 0.3 is 6.18 Å². The highest BCUT2D eigenvalue weighted by Crippen LogP contribution is 2.31. The quantitative estimate of drug-likeness (QED) is 0.842. The number of nitrogens with one attached hydrogen (secondary N) is 1. The van der Waals surface area contributed by atoms with Crippen LogP contribution in [0.5, 0.6) is 11.5 Å². The monoisotopic (exact) mass is 372 g/mol. The van der Waals surface area contributed by atoms with E-state index in [9.17, 15) is 18.0 Å². The summed E-state index contributed by atoms with van der Waals surface area (Å²) in [4.78, 5) is 15.9. The van der Waals surface area contributed by atoms with Gasteiger partial charge in [-0.3, -0.25) is 9.48 Å². The molecule has 1 aromatic carbocycles. The molecule has 0 saturated heterocycles. The number of carbonyl (C=O) groups is 1. The van der Waals surface area contributed by atoms with Gasteiger partial charge in [-0.1, -0.05) is 0 Å². The Kier molecular flexibility index (Phi) is 5.73. The second-order valence-corrected chi connectivity index (χ2v) is 5.59. The van der Waals surface area contributed by atoms with E-state index in [1.54, 1.807) is 29.9 Å². The van der Waals surface area contributed by atoms with Gasteiger partial charge in [0.2, 0.25) is 0 Å². The molecule has 0 spiro atoms. The largest absolute Gasteiger partial charge is 0.493 e. The van der Waals surface area contributed by atoms with Crippen molar-refractivity contribution in [2.75, 3.05) is 13.7 Å². The summed E-state index contributed by atoms with van der Waals surface area (Å²) in [5.41, 5.74) is 0.674. The van der Waals surface area contributed by atoms with Crippen LogP contribution in [0.4, 0.5) is 13.2 Å². The smallest absolute Gasteiger partial charge is 0.408 e. The van der Waals surface area contributed by atoms with E-state index in [0.717, 1.165) is 12.7 Å².